The number of hydrogen-bond acceptors (Lipinski definition) is 6. The van der Waals surface area contributed by atoms with E-state index in [1.165, 1.54) is 11.3 Å². The standard InChI is InChI=1S/C13H15N5OS.2ClH/c1-9-6-15-4-5-18(9)13(19)11-8-20-12(17-11)10-7-14-2-3-16-10;;/h2-3,7-9,15H,4-6H2,1H3;2*1H/t9-;;/m0../s1. The van der Waals surface area contributed by atoms with E-state index in [1.807, 2.05) is 11.8 Å². The number of thiazole rings is 1. The Hall–Kier alpha value is -1.28. The number of aromatic nitrogens is 3. The third kappa shape index (κ3) is 3.92. The van der Waals surface area contributed by atoms with Gasteiger partial charge in [0.05, 0.1) is 6.20 Å². The van der Waals surface area contributed by atoms with E-state index in [4.69, 9.17) is 0 Å². The first kappa shape index (κ1) is 18.8. The molecule has 0 radical (unpaired) electrons. The average molecular weight is 362 g/mol. The van der Waals surface area contributed by atoms with E-state index < -0.39 is 0 Å². The quantitative estimate of drug-likeness (QED) is 0.883. The number of hydrogen-bond donors (Lipinski definition) is 1. The van der Waals surface area contributed by atoms with Gasteiger partial charge in [0, 0.05) is 43.4 Å². The summed E-state index contributed by atoms with van der Waals surface area (Å²) in [5.41, 5.74) is 1.19. The van der Waals surface area contributed by atoms with Crippen LogP contribution in [0.5, 0.6) is 0 Å². The number of carbonyl (C=O) groups excluding carboxylic acids is 1. The highest BCUT2D eigenvalue weighted by Gasteiger charge is 2.25. The summed E-state index contributed by atoms with van der Waals surface area (Å²) < 4.78 is 0. The zero-order valence-corrected chi connectivity index (χ0v) is 14.4. The Morgan fingerprint density at radius 2 is 2.23 bits per heavy atom. The Balaban J connectivity index is 0.00000121. The maximum absolute atomic E-state index is 12.5. The van der Waals surface area contributed by atoms with Crippen LogP contribution in [0.25, 0.3) is 10.7 Å². The van der Waals surface area contributed by atoms with Crippen LogP contribution in [0.2, 0.25) is 0 Å². The Kier molecular flexibility index (Phi) is 7.15. The molecule has 1 N–H and O–H groups in total. The van der Waals surface area contributed by atoms with E-state index in [9.17, 15) is 4.79 Å². The molecular formula is C13H17Cl2N5OS. The van der Waals surface area contributed by atoms with Gasteiger partial charge in [0.1, 0.15) is 16.4 Å². The molecule has 1 aliphatic heterocycles. The average Bonchev–Trinajstić information content (AvgIpc) is 2.98. The van der Waals surface area contributed by atoms with Gasteiger partial charge in [-0.2, -0.15) is 0 Å². The molecule has 2 aromatic heterocycles. The second-order valence-corrected chi connectivity index (χ2v) is 5.54. The molecule has 1 fully saturated rings. The van der Waals surface area contributed by atoms with Crippen molar-refractivity contribution >= 4 is 42.1 Å². The first-order chi connectivity index (χ1) is 9.75. The van der Waals surface area contributed by atoms with Gasteiger partial charge < -0.3 is 10.2 Å². The van der Waals surface area contributed by atoms with Gasteiger partial charge in [0.15, 0.2) is 0 Å². The minimum Gasteiger partial charge on any atom is -0.332 e. The second kappa shape index (κ2) is 8.38. The van der Waals surface area contributed by atoms with Crippen molar-refractivity contribution in [2.45, 2.75) is 13.0 Å². The van der Waals surface area contributed by atoms with Crippen LogP contribution in [0.3, 0.4) is 0 Å². The molecule has 22 heavy (non-hydrogen) atoms. The molecule has 120 valence electrons. The summed E-state index contributed by atoms with van der Waals surface area (Å²) in [5, 5.41) is 5.79. The first-order valence-corrected chi connectivity index (χ1v) is 7.37. The molecule has 0 saturated carbocycles. The van der Waals surface area contributed by atoms with Gasteiger partial charge in [-0.1, -0.05) is 0 Å². The number of piperazine rings is 1. The van der Waals surface area contributed by atoms with Gasteiger partial charge in [-0.05, 0) is 6.92 Å². The summed E-state index contributed by atoms with van der Waals surface area (Å²) in [6, 6.07) is 0.193. The number of carbonyl (C=O) groups is 1. The Morgan fingerprint density at radius 3 is 2.91 bits per heavy atom. The molecule has 0 spiro atoms. The summed E-state index contributed by atoms with van der Waals surface area (Å²) in [7, 11) is 0. The van der Waals surface area contributed by atoms with E-state index in [1.54, 1.807) is 24.0 Å². The monoisotopic (exact) mass is 361 g/mol. The third-order valence-electron chi connectivity index (χ3n) is 3.27. The van der Waals surface area contributed by atoms with Gasteiger partial charge in [-0.15, -0.1) is 36.2 Å². The van der Waals surface area contributed by atoms with E-state index >= 15 is 0 Å². The van der Waals surface area contributed by atoms with Crippen LogP contribution in [0.4, 0.5) is 0 Å². The van der Waals surface area contributed by atoms with Crippen LogP contribution in [0.15, 0.2) is 24.0 Å². The van der Waals surface area contributed by atoms with Gasteiger partial charge in [0.2, 0.25) is 0 Å². The molecule has 1 aliphatic rings. The molecule has 0 aromatic carbocycles. The third-order valence-corrected chi connectivity index (χ3v) is 4.13. The zero-order valence-electron chi connectivity index (χ0n) is 11.9. The van der Waals surface area contributed by atoms with Crippen molar-refractivity contribution in [3.63, 3.8) is 0 Å². The lowest BCUT2D eigenvalue weighted by atomic mass is 10.2. The molecule has 2 aromatic rings. The van der Waals surface area contributed by atoms with Gasteiger partial charge in [-0.25, -0.2) is 4.98 Å². The fraction of sp³-hybridized carbons (Fsp3) is 0.385. The lowest BCUT2D eigenvalue weighted by Gasteiger charge is -2.33. The van der Waals surface area contributed by atoms with Crippen LogP contribution >= 0.6 is 36.2 Å². The summed E-state index contributed by atoms with van der Waals surface area (Å²) in [6.45, 7) is 4.42. The topological polar surface area (TPSA) is 71.0 Å². The van der Waals surface area contributed by atoms with Crippen LogP contribution in [-0.2, 0) is 0 Å². The van der Waals surface area contributed by atoms with Crippen molar-refractivity contribution in [1.29, 1.82) is 0 Å². The van der Waals surface area contributed by atoms with Crippen molar-refractivity contribution in [3.05, 3.63) is 29.7 Å². The Bertz CT molecular complexity index is 609. The number of halogens is 2. The molecule has 0 bridgehead atoms. The molecule has 0 unspecified atom stereocenters. The van der Waals surface area contributed by atoms with E-state index in [-0.39, 0.29) is 36.8 Å². The van der Waals surface area contributed by atoms with Crippen LogP contribution in [0, 0.1) is 0 Å². The second-order valence-electron chi connectivity index (χ2n) is 4.68. The molecule has 9 heteroatoms. The molecule has 3 heterocycles. The van der Waals surface area contributed by atoms with Crippen LogP contribution < -0.4 is 5.32 Å². The number of amides is 1. The van der Waals surface area contributed by atoms with Crippen molar-refractivity contribution < 1.29 is 4.79 Å². The smallest absolute Gasteiger partial charge is 0.273 e. The van der Waals surface area contributed by atoms with Crippen molar-refractivity contribution in [2.75, 3.05) is 19.6 Å². The number of nitrogens with one attached hydrogen (secondary N) is 1. The lowest BCUT2D eigenvalue weighted by molar-refractivity contribution is 0.0650. The maximum Gasteiger partial charge on any atom is 0.273 e. The summed E-state index contributed by atoms with van der Waals surface area (Å²) in [4.78, 5) is 26.9. The van der Waals surface area contributed by atoms with E-state index in [2.05, 4.69) is 20.3 Å². The van der Waals surface area contributed by atoms with Gasteiger partial charge >= 0.3 is 0 Å². The van der Waals surface area contributed by atoms with Crippen molar-refractivity contribution in [1.82, 2.24) is 25.2 Å². The summed E-state index contributed by atoms with van der Waals surface area (Å²) in [5.74, 6) is -0.00890. The predicted octanol–water partition coefficient (Wildman–Crippen LogP) is 1.88. The molecule has 1 amide bonds. The minimum absolute atomic E-state index is 0. The molecule has 1 saturated heterocycles. The molecule has 6 nitrogen and oxygen atoms in total. The van der Waals surface area contributed by atoms with Crippen LogP contribution in [0.1, 0.15) is 17.4 Å². The first-order valence-electron chi connectivity index (χ1n) is 6.49. The minimum atomic E-state index is -0.00890. The number of rotatable bonds is 2. The van der Waals surface area contributed by atoms with Gasteiger partial charge in [0.25, 0.3) is 5.91 Å². The Morgan fingerprint density at radius 1 is 1.41 bits per heavy atom. The fourth-order valence-corrected chi connectivity index (χ4v) is 2.94. The zero-order chi connectivity index (χ0) is 13.9. The largest absolute Gasteiger partial charge is 0.332 e. The summed E-state index contributed by atoms with van der Waals surface area (Å²) in [6.07, 6.45) is 4.89. The highest BCUT2D eigenvalue weighted by Crippen LogP contribution is 2.22. The van der Waals surface area contributed by atoms with E-state index in [0.717, 1.165) is 24.6 Å². The maximum atomic E-state index is 12.5. The van der Waals surface area contributed by atoms with E-state index in [0.29, 0.717) is 11.4 Å². The SMILES string of the molecule is C[C@H]1CNCCN1C(=O)c1csc(-c2cnccn2)n1.Cl.Cl. The highest BCUT2D eigenvalue weighted by atomic mass is 35.5. The normalized spacial score (nSPS) is 17.3. The molecule has 1 atom stereocenters. The molecular weight excluding hydrogens is 345 g/mol. The predicted molar refractivity (Wildman–Crippen MR) is 91.0 cm³/mol. The molecule has 0 aliphatic carbocycles. The highest BCUT2D eigenvalue weighted by molar-refractivity contribution is 7.13. The van der Waals surface area contributed by atoms with Crippen LogP contribution in [-0.4, -0.2) is 51.4 Å². The van der Waals surface area contributed by atoms with Gasteiger partial charge in [-0.3, -0.25) is 14.8 Å². The van der Waals surface area contributed by atoms with Crippen molar-refractivity contribution in [2.24, 2.45) is 0 Å². The van der Waals surface area contributed by atoms with Crippen molar-refractivity contribution in [3.8, 4) is 10.7 Å². The summed E-state index contributed by atoms with van der Waals surface area (Å²) >= 11 is 1.42. The fourth-order valence-electron chi connectivity index (χ4n) is 2.19. The molecule has 3 rings (SSSR count). The lowest BCUT2D eigenvalue weighted by Crippen LogP contribution is -2.52. The Labute approximate surface area is 145 Å². The number of nitrogens with zero attached hydrogens (tertiary/aromatic N) is 4.